The summed E-state index contributed by atoms with van der Waals surface area (Å²) in [5.41, 5.74) is 7.89. The smallest absolute Gasteiger partial charge is 0.193 e. The molecule has 3 rings (SSSR count). The summed E-state index contributed by atoms with van der Waals surface area (Å²) in [5.74, 6) is 1.77. The van der Waals surface area contributed by atoms with Crippen LogP contribution in [0.5, 0.6) is 11.5 Å². The summed E-state index contributed by atoms with van der Waals surface area (Å²) in [4.78, 5) is 4.68. The van der Waals surface area contributed by atoms with Gasteiger partial charge >= 0.3 is 0 Å². The van der Waals surface area contributed by atoms with Crippen LogP contribution in [0.2, 0.25) is 5.02 Å². The topological polar surface area (TPSA) is 78.1 Å². The van der Waals surface area contributed by atoms with Gasteiger partial charge < -0.3 is 25.3 Å². The van der Waals surface area contributed by atoms with Gasteiger partial charge in [0.05, 0.1) is 25.4 Å². The molecule has 0 amide bonds. The van der Waals surface area contributed by atoms with E-state index in [1.807, 2.05) is 50.2 Å². The van der Waals surface area contributed by atoms with Crippen LogP contribution in [0.4, 0.5) is 5.69 Å². The number of halogens is 1. The Hall–Kier alpha value is -2.44. The first kappa shape index (κ1) is 22.2. The molecule has 2 aromatic carbocycles. The van der Waals surface area contributed by atoms with Crippen LogP contribution >= 0.6 is 11.6 Å². The average molecular weight is 432 g/mol. The molecule has 2 aromatic rings. The molecule has 6 nitrogen and oxygen atoms in total. The van der Waals surface area contributed by atoms with Crippen molar-refractivity contribution in [3.8, 4) is 11.5 Å². The average Bonchev–Trinajstić information content (AvgIpc) is 2.75. The van der Waals surface area contributed by atoms with Gasteiger partial charge in [-0.2, -0.15) is 0 Å². The van der Waals surface area contributed by atoms with E-state index < -0.39 is 0 Å². The number of nitrogens with two attached hydrogens (primary N) is 1. The summed E-state index contributed by atoms with van der Waals surface area (Å²) in [7, 11) is 0. The van der Waals surface area contributed by atoms with E-state index >= 15 is 0 Å². The second kappa shape index (κ2) is 10.5. The molecule has 0 radical (unpaired) electrons. The maximum absolute atomic E-state index is 6.53. The lowest BCUT2D eigenvalue weighted by molar-refractivity contribution is 0.0532. The second-order valence-corrected chi connectivity index (χ2v) is 7.63. The molecule has 162 valence electrons. The minimum absolute atomic E-state index is 0.196. The lowest BCUT2D eigenvalue weighted by atomic mass is 9.74. The van der Waals surface area contributed by atoms with E-state index in [-0.39, 0.29) is 5.41 Å². The number of benzene rings is 2. The first-order valence-electron chi connectivity index (χ1n) is 10.4. The Kier molecular flexibility index (Phi) is 7.82. The summed E-state index contributed by atoms with van der Waals surface area (Å²) in [6.45, 7) is 6.90. The molecule has 0 atom stereocenters. The number of nitrogens with one attached hydrogen (secondary N) is 1. The first-order chi connectivity index (χ1) is 14.6. The molecule has 7 heteroatoms. The normalized spacial score (nSPS) is 16.2. The third-order valence-electron chi connectivity index (χ3n) is 5.27. The SMILES string of the molecule is CCOc1ccc(OCC)c(NC(N)=NCC2(c3ccccc3Cl)CCOCC2)c1. The highest BCUT2D eigenvalue weighted by molar-refractivity contribution is 6.31. The standard InChI is InChI=1S/C23H30ClN3O3/c1-3-29-17-9-10-21(30-4-2)20(15-17)27-22(25)26-16-23(11-13-28-14-12-23)18-7-5-6-8-19(18)24/h5-10,15H,3-4,11-14,16H2,1-2H3,(H3,25,26,27). The summed E-state index contributed by atoms with van der Waals surface area (Å²) in [5, 5.41) is 3.93. The van der Waals surface area contributed by atoms with Gasteiger partial charge in [0.1, 0.15) is 11.5 Å². The lowest BCUT2D eigenvalue weighted by Crippen LogP contribution is -2.38. The molecule has 1 heterocycles. The zero-order valence-electron chi connectivity index (χ0n) is 17.6. The Bertz CT molecular complexity index is 867. The zero-order valence-corrected chi connectivity index (χ0v) is 18.4. The molecule has 0 saturated carbocycles. The van der Waals surface area contributed by atoms with Crippen molar-refractivity contribution in [1.29, 1.82) is 0 Å². The number of guanidine groups is 1. The van der Waals surface area contributed by atoms with E-state index in [1.54, 1.807) is 0 Å². The molecule has 1 saturated heterocycles. The van der Waals surface area contributed by atoms with Crippen LogP contribution in [0, 0.1) is 0 Å². The van der Waals surface area contributed by atoms with Crippen LogP contribution in [0.15, 0.2) is 47.5 Å². The van der Waals surface area contributed by atoms with Crippen molar-refractivity contribution in [2.45, 2.75) is 32.1 Å². The fourth-order valence-electron chi connectivity index (χ4n) is 3.72. The van der Waals surface area contributed by atoms with Crippen LogP contribution in [0.1, 0.15) is 32.3 Å². The number of rotatable bonds is 8. The van der Waals surface area contributed by atoms with Crippen molar-refractivity contribution < 1.29 is 14.2 Å². The Morgan fingerprint density at radius 1 is 1.13 bits per heavy atom. The van der Waals surface area contributed by atoms with Crippen molar-refractivity contribution >= 4 is 23.2 Å². The fourth-order valence-corrected chi connectivity index (χ4v) is 4.06. The molecule has 3 N–H and O–H groups in total. The molecule has 0 unspecified atom stereocenters. The molecular formula is C23H30ClN3O3. The highest BCUT2D eigenvalue weighted by Crippen LogP contribution is 2.39. The summed E-state index contributed by atoms with van der Waals surface area (Å²) in [6, 6.07) is 13.6. The van der Waals surface area contributed by atoms with E-state index in [1.165, 1.54) is 0 Å². The van der Waals surface area contributed by atoms with Gasteiger partial charge in [-0.3, -0.25) is 4.99 Å². The van der Waals surface area contributed by atoms with E-state index in [0.717, 1.165) is 34.9 Å². The van der Waals surface area contributed by atoms with Crippen LogP contribution in [-0.4, -0.2) is 38.9 Å². The van der Waals surface area contributed by atoms with Gasteiger partial charge in [0.2, 0.25) is 0 Å². The molecule has 1 aliphatic rings. The van der Waals surface area contributed by atoms with Gasteiger partial charge in [-0.1, -0.05) is 29.8 Å². The first-order valence-corrected chi connectivity index (χ1v) is 10.7. The maximum Gasteiger partial charge on any atom is 0.193 e. The molecule has 1 fully saturated rings. The number of ether oxygens (including phenoxy) is 3. The molecule has 1 aliphatic heterocycles. The Balaban J connectivity index is 1.82. The number of nitrogens with zero attached hydrogens (tertiary/aromatic N) is 1. The lowest BCUT2D eigenvalue weighted by Gasteiger charge is -2.37. The molecule has 0 aromatic heterocycles. The number of aliphatic imine (C=N–C) groups is 1. The highest BCUT2D eigenvalue weighted by Gasteiger charge is 2.36. The number of hydrogen-bond acceptors (Lipinski definition) is 4. The third kappa shape index (κ3) is 5.37. The predicted molar refractivity (Wildman–Crippen MR) is 122 cm³/mol. The molecular weight excluding hydrogens is 402 g/mol. The Morgan fingerprint density at radius 3 is 2.57 bits per heavy atom. The fraction of sp³-hybridized carbons (Fsp3) is 0.435. The molecule has 30 heavy (non-hydrogen) atoms. The largest absolute Gasteiger partial charge is 0.494 e. The van der Waals surface area contributed by atoms with Crippen LogP contribution in [0.3, 0.4) is 0 Å². The Labute approximate surface area is 183 Å². The van der Waals surface area contributed by atoms with Crippen molar-refractivity contribution in [2.24, 2.45) is 10.7 Å². The van der Waals surface area contributed by atoms with Crippen molar-refractivity contribution in [3.63, 3.8) is 0 Å². The summed E-state index contributed by atoms with van der Waals surface area (Å²) < 4.78 is 16.9. The van der Waals surface area contributed by atoms with Crippen LogP contribution in [-0.2, 0) is 10.2 Å². The van der Waals surface area contributed by atoms with Crippen LogP contribution < -0.4 is 20.5 Å². The van der Waals surface area contributed by atoms with Gasteiger partial charge in [0, 0.05) is 29.7 Å². The van der Waals surface area contributed by atoms with E-state index in [2.05, 4.69) is 16.4 Å². The van der Waals surface area contributed by atoms with Crippen molar-refractivity contribution in [3.05, 3.63) is 53.1 Å². The molecule has 0 spiro atoms. The van der Waals surface area contributed by atoms with Crippen molar-refractivity contribution in [2.75, 3.05) is 38.3 Å². The monoisotopic (exact) mass is 431 g/mol. The minimum Gasteiger partial charge on any atom is -0.494 e. The zero-order chi connectivity index (χ0) is 21.4. The quantitative estimate of drug-likeness (QED) is 0.471. The van der Waals surface area contributed by atoms with Gasteiger partial charge in [-0.15, -0.1) is 0 Å². The minimum atomic E-state index is -0.196. The van der Waals surface area contributed by atoms with Gasteiger partial charge in [0.15, 0.2) is 5.96 Å². The van der Waals surface area contributed by atoms with Crippen LogP contribution in [0.25, 0.3) is 0 Å². The predicted octanol–water partition coefficient (Wildman–Crippen LogP) is 4.61. The Morgan fingerprint density at radius 2 is 1.87 bits per heavy atom. The third-order valence-corrected chi connectivity index (χ3v) is 5.60. The van der Waals surface area contributed by atoms with E-state index in [9.17, 15) is 0 Å². The summed E-state index contributed by atoms with van der Waals surface area (Å²) in [6.07, 6.45) is 1.69. The number of anilines is 1. The van der Waals surface area contributed by atoms with Gasteiger partial charge in [-0.25, -0.2) is 0 Å². The second-order valence-electron chi connectivity index (χ2n) is 7.22. The molecule has 0 aliphatic carbocycles. The van der Waals surface area contributed by atoms with Crippen molar-refractivity contribution in [1.82, 2.24) is 0 Å². The van der Waals surface area contributed by atoms with E-state index in [4.69, 9.17) is 31.5 Å². The maximum atomic E-state index is 6.53. The molecule has 0 bridgehead atoms. The van der Waals surface area contributed by atoms with E-state index in [0.29, 0.717) is 44.7 Å². The highest BCUT2D eigenvalue weighted by atomic mass is 35.5. The summed E-state index contributed by atoms with van der Waals surface area (Å²) >= 11 is 6.53. The number of hydrogen-bond donors (Lipinski definition) is 2. The van der Waals surface area contributed by atoms with Gasteiger partial charge in [0.25, 0.3) is 0 Å². The van der Waals surface area contributed by atoms with Gasteiger partial charge in [-0.05, 0) is 50.5 Å².